The van der Waals surface area contributed by atoms with E-state index in [4.69, 9.17) is 5.73 Å². The molecule has 2 rings (SSSR count). The van der Waals surface area contributed by atoms with Crippen LogP contribution in [0.15, 0.2) is 30.3 Å². The Morgan fingerprint density at radius 2 is 2.00 bits per heavy atom. The first-order valence-electron chi connectivity index (χ1n) is 4.62. The molecule has 1 saturated heterocycles. The number of carbonyl (C=O) groups excluding carboxylic acids is 1. The van der Waals surface area contributed by atoms with Crippen molar-refractivity contribution in [2.45, 2.75) is 18.5 Å². The number of carbonyl (C=O) groups is 1. The first-order valence-corrected chi connectivity index (χ1v) is 4.62. The Hall–Kier alpha value is -1.39. The van der Waals surface area contributed by atoms with Gasteiger partial charge in [0.1, 0.15) is 0 Å². The van der Waals surface area contributed by atoms with Gasteiger partial charge < -0.3 is 5.73 Å². The van der Waals surface area contributed by atoms with Gasteiger partial charge in [0, 0.05) is 12.5 Å². The van der Waals surface area contributed by atoms with Crippen molar-refractivity contribution < 1.29 is 4.79 Å². The van der Waals surface area contributed by atoms with Gasteiger partial charge in [-0.3, -0.25) is 10.2 Å². The van der Waals surface area contributed by atoms with Gasteiger partial charge in [0.25, 0.3) is 0 Å². The fourth-order valence-electron chi connectivity index (χ4n) is 1.64. The molecule has 1 aromatic rings. The Balaban J connectivity index is 2.16. The van der Waals surface area contributed by atoms with Crippen molar-refractivity contribution in [1.82, 2.24) is 10.9 Å². The molecule has 1 aliphatic rings. The lowest BCUT2D eigenvalue weighted by Crippen LogP contribution is -2.54. The molecule has 2 unspecified atom stereocenters. The second kappa shape index (κ2) is 3.77. The van der Waals surface area contributed by atoms with Crippen LogP contribution in [0.25, 0.3) is 0 Å². The number of rotatable bonds is 1. The van der Waals surface area contributed by atoms with E-state index in [1.807, 2.05) is 30.3 Å². The summed E-state index contributed by atoms with van der Waals surface area (Å²) in [4.78, 5) is 11.0. The van der Waals surface area contributed by atoms with Crippen LogP contribution < -0.4 is 16.6 Å². The minimum absolute atomic E-state index is 0.00824. The van der Waals surface area contributed by atoms with Crippen LogP contribution in [0.5, 0.6) is 0 Å². The molecule has 1 amide bonds. The van der Waals surface area contributed by atoms with Gasteiger partial charge in [-0.05, 0) is 5.56 Å². The van der Waals surface area contributed by atoms with Gasteiger partial charge in [-0.2, -0.15) is 0 Å². The number of hydrogen-bond donors (Lipinski definition) is 3. The van der Waals surface area contributed by atoms with Crippen molar-refractivity contribution in [3.8, 4) is 0 Å². The van der Waals surface area contributed by atoms with Crippen LogP contribution in [0, 0.1) is 0 Å². The maximum Gasteiger partial charge on any atom is 0.235 e. The predicted octanol–water partition coefficient (Wildman–Crippen LogP) is 0.0795. The first-order chi connectivity index (χ1) is 6.77. The predicted molar refractivity (Wildman–Crippen MR) is 53.1 cm³/mol. The quantitative estimate of drug-likeness (QED) is 0.589. The summed E-state index contributed by atoms with van der Waals surface area (Å²) in [5.74, 6) is -0.0512. The number of nitrogens with two attached hydrogens (primary N) is 1. The van der Waals surface area contributed by atoms with Crippen molar-refractivity contribution in [1.29, 1.82) is 0 Å². The molecule has 2 atom stereocenters. The molecule has 1 aromatic carbocycles. The zero-order valence-corrected chi connectivity index (χ0v) is 7.73. The fourth-order valence-corrected chi connectivity index (χ4v) is 1.64. The molecule has 1 fully saturated rings. The van der Waals surface area contributed by atoms with Crippen molar-refractivity contribution in [3.05, 3.63) is 35.9 Å². The zero-order valence-electron chi connectivity index (χ0n) is 7.73. The first kappa shape index (κ1) is 9.18. The van der Waals surface area contributed by atoms with E-state index in [1.54, 1.807) is 0 Å². The molecule has 74 valence electrons. The van der Waals surface area contributed by atoms with Crippen LogP contribution >= 0.6 is 0 Å². The van der Waals surface area contributed by atoms with Crippen LogP contribution in [-0.2, 0) is 4.79 Å². The third kappa shape index (κ3) is 1.76. The van der Waals surface area contributed by atoms with E-state index in [2.05, 4.69) is 10.9 Å². The Morgan fingerprint density at radius 3 is 2.64 bits per heavy atom. The Bertz CT molecular complexity index is 325. The van der Waals surface area contributed by atoms with Crippen LogP contribution in [0.1, 0.15) is 18.0 Å². The van der Waals surface area contributed by atoms with Gasteiger partial charge in [0.05, 0.1) is 6.04 Å². The second-order valence-corrected chi connectivity index (χ2v) is 3.45. The number of nitrogens with one attached hydrogen (secondary N) is 2. The molecular formula is C10H13N3O. The van der Waals surface area contributed by atoms with Gasteiger partial charge in [-0.25, -0.2) is 5.43 Å². The van der Waals surface area contributed by atoms with E-state index in [0.717, 1.165) is 5.56 Å². The highest BCUT2D eigenvalue weighted by atomic mass is 16.2. The number of hydrazine groups is 1. The highest BCUT2D eigenvalue weighted by Gasteiger charge is 2.26. The van der Waals surface area contributed by atoms with E-state index < -0.39 is 0 Å². The maximum atomic E-state index is 11.0. The minimum atomic E-state index is -0.161. The van der Waals surface area contributed by atoms with Gasteiger partial charge in [-0.1, -0.05) is 30.3 Å². The average molecular weight is 191 g/mol. The largest absolute Gasteiger partial charge is 0.326 e. The summed E-state index contributed by atoms with van der Waals surface area (Å²) in [5, 5.41) is 0. The molecule has 0 spiro atoms. The third-order valence-electron chi connectivity index (χ3n) is 2.38. The number of hydrogen-bond acceptors (Lipinski definition) is 3. The van der Waals surface area contributed by atoms with E-state index >= 15 is 0 Å². The minimum Gasteiger partial charge on any atom is -0.326 e. The molecule has 0 bridgehead atoms. The van der Waals surface area contributed by atoms with Gasteiger partial charge in [0.15, 0.2) is 0 Å². The smallest absolute Gasteiger partial charge is 0.235 e. The Labute approximate surface area is 82.5 Å². The second-order valence-electron chi connectivity index (χ2n) is 3.45. The standard InChI is InChI=1S/C10H13N3O/c11-8-6-9(14)12-13-10(8)7-4-2-1-3-5-7/h1-5,8,10,13H,6,11H2,(H,12,14). The van der Waals surface area contributed by atoms with E-state index in [0.29, 0.717) is 6.42 Å². The highest BCUT2D eigenvalue weighted by molar-refractivity contribution is 5.77. The van der Waals surface area contributed by atoms with Gasteiger partial charge in [-0.15, -0.1) is 0 Å². The van der Waals surface area contributed by atoms with Crippen molar-refractivity contribution in [2.24, 2.45) is 5.73 Å². The zero-order chi connectivity index (χ0) is 9.97. The molecule has 0 saturated carbocycles. The Morgan fingerprint density at radius 1 is 1.29 bits per heavy atom. The third-order valence-corrected chi connectivity index (χ3v) is 2.38. The average Bonchev–Trinajstić information content (AvgIpc) is 2.19. The molecule has 1 heterocycles. The van der Waals surface area contributed by atoms with Gasteiger partial charge >= 0.3 is 0 Å². The van der Waals surface area contributed by atoms with E-state index in [9.17, 15) is 4.79 Å². The van der Waals surface area contributed by atoms with Gasteiger partial charge in [0.2, 0.25) is 5.91 Å². The summed E-state index contributed by atoms with van der Waals surface area (Å²) in [5.41, 5.74) is 12.5. The lowest BCUT2D eigenvalue weighted by Gasteiger charge is -2.30. The molecule has 4 nitrogen and oxygen atoms in total. The molecule has 1 aliphatic heterocycles. The monoisotopic (exact) mass is 191 g/mol. The summed E-state index contributed by atoms with van der Waals surface area (Å²) in [6.45, 7) is 0. The maximum absolute atomic E-state index is 11.0. The molecule has 4 heteroatoms. The van der Waals surface area contributed by atoms with Crippen molar-refractivity contribution in [3.63, 3.8) is 0 Å². The van der Waals surface area contributed by atoms with Crippen LogP contribution in [-0.4, -0.2) is 11.9 Å². The Kier molecular flexibility index (Phi) is 2.47. The molecule has 0 radical (unpaired) electrons. The van der Waals surface area contributed by atoms with Crippen LogP contribution in [0.4, 0.5) is 0 Å². The van der Waals surface area contributed by atoms with Crippen molar-refractivity contribution >= 4 is 5.91 Å². The molecule has 14 heavy (non-hydrogen) atoms. The highest BCUT2D eigenvalue weighted by Crippen LogP contribution is 2.18. The normalized spacial score (nSPS) is 27.1. The molecule has 0 aromatic heterocycles. The number of benzene rings is 1. The summed E-state index contributed by atoms with van der Waals surface area (Å²) in [6.07, 6.45) is 0.368. The summed E-state index contributed by atoms with van der Waals surface area (Å²) >= 11 is 0. The van der Waals surface area contributed by atoms with E-state index in [1.165, 1.54) is 0 Å². The topological polar surface area (TPSA) is 67.2 Å². The summed E-state index contributed by atoms with van der Waals surface area (Å²) in [7, 11) is 0. The van der Waals surface area contributed by atoms with Crippen LogP contribution in [0.3, 0.4) is 0 Å². The SMILES string of the molecule is NC1CC(=O)NNC1c1ccccc1. The molecule has 4 N–H and O–H groups in total. The van der Waals surface area contributed by atoms with Crippen LogP contribution in [0.2, 0.25) is 0 Å². The van der Waals surface area contributed by atoms with Crippen molar-refractivity contribution in [2.75, 3.05) is 0 Å². The number of amides is 1. The summed E-state index contributed by atoms with van der Waals surface area (Å²) < 4.78 is 0. The lowest BCUT2D eigenvalue weighted by atomic mass is 9.97. The summed E-state index contributed by atoms with van der Waals surface area (Å²) in [6, 6.07) is 9.71. The van der Waals surface area contributed by atoms with E-state index in [-0.39, 0.29) is 18.0 Å². The fraction of sp³-hybridized carbons (Fsp3) is 0.300. The molecular weight excluding hydrogens is 178 g/mol. The molecule has 0 aliphatic carbocycles. The lowest BCUT2D eigenvalue weighted by molar-refractivity contribution is -0.124.